The minimum atomic E-state index is -1.36. The first-order valence-corrected chi connectivity index (χ1v) is 6.31. The standard InChI is InChI=1S/C14H19NO6/c1-14(2,3)21-13(20)15-10-5-4-8(16)6-9(10)11(17)7-12(18)19/h4-6,11,16-17H,7H2,1-3H3,(H,15,20)(H,18,19). The van der Waals surface area contributed by atoms with E-state index in [1.807, 2.05) is 0 Å². The smallest absolute Gasteiger partial charge is 0.412 e. The van der Waals surface area contributed by atoms with Crippen molar-refractivity contribution in [2.75, 3.05) is 5.32 Å². The van der Waals surface area contributed by atoms with Crippen molar-refractivity contribution in [1.82, 2.24) is 0 Å². The molecule has 0 spiro atoms. The van der Waals surface area contributed by atoms with Crippen LogP contribution in [0, 0.1) is 0 Å². The molecule has 1 amide bonds. The van der Waals surface area contributed by atoms with Crippen molar-refractivity contribution in [1.29, 1.82) is 0 Å². The molecule has 0 fully saturated rings. The molecule has 0 saturated heterocycles. The number of aliphatic hydroxyl groups excluding tert-OH is 1. The van der Waals surface area contributed by atoms with E-state index in [-0.39, 0.29) is 17.0 Å². The van der Waals surface area contributed by atoms with Crippen LogP contribution in [0.5, 0.6) is 5.75 Å². The van der Waals surface area contributed by atoms with Crippen LogP contribution >= 0.6 is 0 Å². The number of amides is 1. The zero-order valence-corrected chi connectivity index (χ0v) is 12.1. The SMILES string of the molecule is CC(C)(C)OC(=O)Nc1ccc(O)cc1C(O)CC(=O)O. The Bertz CT molecular complexity index is 535. The second kappa shape index (κ2) is 6.45. The number of carbonyl (C=O) groups is 2. The van der Waals surface area contributed by atoms with Crippen LogP contribution in [0.1, 0.15) is 38.9 Å². The van der Waals surface area contributed by atoms with Crippen LogP contribution in [0.3, 0.4) is 0 Å². The molecule has 7 heteroatoms. The van der Waals surface area contributed by atoms with E-state index in [0.717, 1.165) is 0 Å². The Labute approximate surface area is 122 Å². The molecule has 1 rings (SSSR count). The molecule has 0 heterocycles. The molecule has 0 aromatic heterocycles. The minimum absolute atomic E-state index is 0.100. The maximum atomic E-state index is 11.7. The highest BCUT2D eigenvalue weighted by molar-refractivity contribution is 5.86. The van der Waals surface area contributed by atoms with Gasteiger partial charge in [0.1, 0.15) is 11.4 Å². The summed E-state index contributed by atoms with van der Waals surface area (Å²) in [6.07, 6.45) is -2.65. The number of aromatic hydroxyl groups is 1. The van der Waals surface area contributed by atoms with E-state index in [1.54, 1.807) is 20.8 Å². The molecule has 0 radical (unpaired) electrons. The summed E-state index contributed by atoms with van der Waals surface area (Å²) in [4.78, 5) is 22.4. The summed E-state index contributed by atoms with van der Waals surface area (Å²) in [5.74, 6) is -1.35. The Morgan fingerprint density at radius 1 is 1.33 bits per heavy atom. The van der Waals surface area contributed by atoms with Gasteiger partial charge in [-0.3, -0.25) is 10.1 Å². The Morgan fingerprint density at radius 3 is 2.48 bits per heavy atom. The molecule has 1 aromatic carbocycles. The molecule has 1 atom stereocenters. The monoisotopic (exact) mass is 297 g/mol. The van der Waals surface area contributed by atoms with Crippen LogP contribution in [0.15, 0.2) is 18.2 Å². The van der Waals surface area contributed by atoms with Gasteiger partial charge in [-0.05, 0) is 39.0 Å². The molecule has 7 nitrogen and oxygen atoms in total. The van der Waals surface area contributed by atoms with Crippen molar-refractivity contribution in [2.24, 2.45) is 0 Å². The topological polar surface area (TPSA) is 116 Å². The minimum Gasteiger partial charge on any atom is -0.508 e. The predicted molar refractivity (Wildman–Crippen MR) is 75.2 cm³/mol. The van der Waals surface area contributed by atoms with Crippen LogP contribution in [-0.4, -0.2) is 33.0 Å². The van der Waals surface area contributed by atoms with Gasteiger partial charge in [0.05, 0.1) is 18.2 Å². The van der Waals surface area contributed by atoms with Crippen LogP contribution < -0.4 is 5.32 Å². The normalized spacial score (nSPS) is 12.6. The number of nitrogens with one attached hydrogen (secondary N) is 1. The number of rotatable bonds is 4. The van der Waals surface area contributed by atoms with Gasteiger partial charge in [-0.15, -0.1) is 0 Å². The fourth-order valence-corrected chi connectivity index (χ4v) is 1.63. The Hall–Kier alpha value is -2.28. The van der Waals surface area contributed by atoms with Crippen LogP contribution in [0.25, 0.3) is 0 Å². The van der Waals surface area contributed by atoms with Crippen LogP contribution in [-0.2, 0) is 9.53 Å². The number of hydrogen-bond acceptors (Lipinski definition) is 5. The molecular weight excluding hydrogens is 278 g/mol. The molecule has 0 aliphatic carbocycles. The number of carbonyl (C=O) groups excluding carboxylic acids is 1. The maximum absolute atomic E-state index is 11.7. The Balaban J connectivity index is 2.96. The molecule has 1 unspecified atom stereocenters. The van der Waals surface area contributed by atoms with Crippen LogP contribution in [0.4, 0.5) is 10.5 Å². The van der Waals surface area contributed by atoms with E-state index in [0.29, 0.717) is 0 Å². The average molecular weight is 297 g/mol. The number of aliphatic carboxylic acids is 1. The van der Waals surface area contributed by atoms with E-state index in [9.17, 15) is 19.8 Å². The third-order valence-electron chi connectivity index (χ3n) is 2.40. The van der Waals surface area contributed by atoms with Crippen molar-refractivity contribution in [2.45, 2.75) is 38.9 Å². The predicted octanol–water partition coefficient (Wildman–Crippen LogP) is 2.25. The summed E-state index contributed by atoms with van der Waals surface area (Å²) in [6, 6.07) is 3.86. The molecule has 0 saturated carbocycles. The Kier molecular flexibility index (Phi) is 5.15. The van der Waals surface area contributed by atoms with Crippen molar-refractivity contribution < 1.29 is 29.6 Å². The molecule has 0 aliphatic rings. The van der Waals surface area contributed by atoms with Gasteiger partial charge in [0.2, 0.25) is 0 Å². The third-order valence-corrected chi connectivity index (χ3v) is 2.40. The summed E-state index contributed by atoms with van der Waals surface area (Å²) in [7, 11) is 0. The van der Waals surface area contributed by atoms with Gasteiger partial charge in [-0.25, -0.2) is 4.79 Å². The second-order valence-electron chi connectivity index (χ2n) is 5.51. The van der Waals surface area contributed by atoms with E-state index < -0.39 is 30.2 Å². The molecular formula is C14H19NO6. The number of ether oxygens (including phenoxy) is 1. The van der Waals surface area contributed by atoms with Gasteiger partial charge in [-0.1, -0.05) is 0 Å². The van der Waals surface area contributed by atoms with Gasteiger partial charge in [0, 0.05) is 5.56 Å². The molecule has 1 aromatic rings. The number of phenolic OH excluding ortho intramolecular Hbond substituents is 1. The van der Waals surface area contributed by atoms with Crippen molar-refractivity contribution in [3.05, 3.63) is 23.8 Å². The summed E-state index contributed by atoms with van der Waals surface area (Å²) in [5.41, 5.74) is -0.417. The highest BCUT2D eigenvalue weighted by Crippen LogP contribution is 2.29. The number of carboxylic acids is 1. The lowest BCUT2D eigenvalue weighted by Crippen LogP contribution is -2.27. The van der Waals surface area contributed by atoms with Gasteiger partial charge in [0.25, 0.3) is 0 Å². The number of phenols is 1. The fourth-order valence-electron chi connectivity index (χ4n) is 1.63. The summed E-state index contributed by atoms with van der Waals surface area (Å²) >= 11 is 0. The summed E-state index contributed by atoms with van der Waals surface area (Å²) in [6.45, 7) is 5.09. The molecule has 21 heavy (non-hydrogen) atoms. The highest BCUT2D eigenvalue weighted by atomic mass is 16.6. The lowest BCUT2D eigenvalue weighted by molar-refractivity contribution is -0.139. The lowest BCUT2D eigenvalue weighted by Gasteiger charge is -2.21. The molecule has 116 valence electrons. The first kappa shape index (κ1) is 16.8. The van der Waals surface area contributed by atoms with Gasteiger partial charge in [0.15, 0.2) is 0 Å². The number of benzene rings is 1. The fraction of sp³-hybridized carbons (Fsp3) is 0.429. The largest absolute Gasteiger partial charge is 0.508 e. The van der Waals surface area contributed by atoms with E-state index in [1.165, 1.54) is 18.2 Å². The number of aliphatic hydroxyl groups is 1. The average Bonchev–Trinajstić information content (AvgIpc) is 2.27. The lowest BCUT2D eigenvalue weighted by atomic mass is 10.0. The molecule has 0 bridgehead atoms. The summed E-state index contributed by atoms with van der Waals surface area (Å²) < 4.78 is 5.08. The van der Waals surface area contributed by atoms with E-state index in [4.69, 9.17) is 9.84 Å². The van der Waals surface area contributed by atoms with Gasteiger partial charge >= 0.3 is 12.1 Å². The van der Waals surface area contributed by atoms with E-state index >= 15 is 0 Å². The van der Waals surface area contributed by atoms with Crippen molar-refractivity contribution >= 4 is 17.7 Å². The van der Waals surface area contributed by atoms with Gasteiger partial charge in [-0.2, -0.15) is 0 Å². The second-order valence-corrected chi connectivity index (χ2v) is 5.51. The number of carboxylic acid groups (broad SMARTS) is 1. The third kappa shape index (κ3) is 5.70. The van der Waals surface area contributed by atoms with Crippen LogP contribution in [0.2, 0.25) is 0 Å². The molecule has 4 N–H and O–H groups in total. The first-order chi connectivity index (χ1) is 9.58. The van der Waals surface area contributed by atoms with Crippen molar-refractivity contribution in [3.8, 4) is 5.75 Å². The van der Waals surface area contributed by atoms with Gasteiger partial charge < -0.3 is 20.1 Å². The quantitative estimate of drug-likeness (QED) is 0.633. The summed E-state index contributed by atoms with van der Waals surface area (Å²) in [5, 5.41) is 30.4. The first-order valence-electron chi connectivity index (χ1n) is 6.31. The van der Waals surface area contributed by atoms with E-state index in [2.05, 4.69) is 5.32 Å². The van der Waals surface area contributed by atoms with Crippen molar-refractivity contribution in [3.63, 3.8) is 0 Å². The maximum Gasteiger partial charge on any atom is 0.412 e. The zero-order valence-electron chi connectivity index (χ0n) is 12.1. The highest BCUT2D eigenvalue weighted by Gasteiger charge is 2.21. The number of anilines is 1. The zero-order chi connectivity index (χ0) is 16.2. The molecule has 0 aliphatic heterocycles. The number of hydrogen-bond donors (Lipinski definition) is 4. The Morgan fingerprint density at radius 2 is 1.95 bits per heavy atom.